The van der Waals surface area contributed by atoms with Crippen molar-refractivity contribution in [2.24, 2.45) is 10.7 Å². The second kappa shape index (κ2) is 9.60. The van der Waals surface area contributed by atoms with E-state index in [4.69, 9.17) is 27.1 Å². The Kier molecular flexibility index (Phi) is 6.94. The Morgan fingerprint density at radius 1 is 1.29 bits per heavy atom. The van der Waals surface area contributed by atoms with E-state index in [2.05, 4.69) is 0 Å². The number of carbonyl (C=O) groups excluding carboxylic acids is 1. The van der Waals surface area contributed by atoms with Crippen LogP contribution in [0.3, 0.4) is 0 Å². The molecule has 2 aliphatic rings. The van der Waals surface area contributed by atoms with Gasteiger partial charge in [0.2, 0.25) is 5.91 Å². The number of aliphatic hydroxyl groups is 1. The van der Waals surface area contributed by atoms with Crippen molar-refractivity contribution in [1.29, 1.82) is 0 Å². The molecule has 9 heteroatoms. The van der Waals surface area contributed by atoms with Crippen LogP contribution < -0.4 is 5.73 Å². The molecule has 0 radical (unpaired) electrons. The summed E-state index contributed by atoms with van der Waals surface area (Å²) in [5, 5.41) is 10.1. The molecule has 1 fully saturated rings. The van der Waals surface area contributed by atoms with Crippen LogP contribution in [0, 0.1) is 0 Å². The lowest BCUT2D eigenvalue weighted by Crippen LogP contribution is -2.56. The molecule has 1 saturated heterocycles. The van der Waals surface area contributed by atoms with Crippen LogP contribution >= 0.6 is 11.6 Å². The van der Waals surface area contributed by atoms with E-state index < -0.39 is 18.1 Å². The number of guanidine groups is 1. The Bertz CT molecular complexity index is 1110. The fraction of sp³-hybridized carbons (Fsp3) is 0.440. The van der Waals surface area contributed by atoms with Crippen molar-refractivity contribution in [3.8, 4) is 11.1 Å². The lowest BCUT2D eigenvalue weighted by atomic mass is 9.85. The fourth-order valence-electron chi connectivity index (χ4n) is 4.82. The molecule has 0 bridgehead atoms. The number of alkyl halides is 2. The minimum Gasteiger partial charge on any atom is -0.382 e. The zero-order valence-electron chi connectivity index (χ0n) is 19.0. The highest BCUT2D eigenvalue weighted by atomic mass is 35.5. The van der Waals surface area contributed by atoms with Crippen LogP contribution in [0.15, 0.2) is 47.5 Å². The lowest BCUT2D eigenvalue weighted by molar-refractivity contribution is -0.133. The molecule has 0 aromatic heterocycles. The third-order valence-corrected chi connectivity index (χ3v) is 6.96. The Morgan fingerprint density at radius 3 is 2.71 bits per heavy atom. The van der Waals surface area contributed by atoms with Gasteiger partial charge in [0, 0.05) is 18.2 Å². The Balaban J connectivity index is 1.69. The summed E-state index contributed by atoms with van der Waals surface area (Å²) in [7, 11) is 0. The molecular formula is C25H28ClF2N3O3. The molecule has 34 heavy (non-hydrogen) atoms. The maximum Gasteiger partial charge on any atom is 0.268 e. The van der Waals surface area contributed by atoms with Gasteiger partial charge in [-0.3, -0.25) is 9.69 Å². The van der Waals surface area contributed by atoms with Gasteiger partial charge in [0.15, 0.2) is 5.96 Å². The van der Waals surface area contributed by atoms with Gasteiger partial charge in [-0.05, 0) is 49.4 Å². The van der Waals surface area contributed by atoms with Crippen LogP contribution in [0.25, 0.3) is 11.1 Å². The topological polar surface area (TPSA) is 88.2 Å². The third kappa shape index (κ3) is 4.67. The predicted octanol–water partition coefficient (Wildman–Crippen LogP) is 4.64. The van der Waals surface area contributed by atoms with Crippen LogP contribution in [0.4, 0.5) is 8.78 Å². The minimum atomic E-state index is -2.90. The third-order valence-electron chi connectivity index (χ3n) is 6.55. The number of nitrogens with zero attached hydrogens (tertiary/aromatic N) is 2. The summed E-state index contributed by atoms with van der Waals surface area (Å²) < 4.78 is 31.6. The highest BCUT2D eigenvalue weighted by Gasteiger charge is 2.42. The maximum absolute atomic E-state index is 13.2. The van der Waals surface area contributed by atoms with Gasteiger partial charge in [0.05, 0.1) is 23.1 Å². The zero-order chi connectivity index (χ0) is 24.6. The Morgan fingerprint density at radius 2 is 2.03 bits per heavy atom. The van der Waals surface area contributed by atoms with Gasteiger partial charge >= 0.3 is 0 Å². The van der Waals surface area contributed by atoms with E-state index in [9.17, 15) is 18.7 Å². The molecule has 2 aromatic carbocycles. The number of hydrogen-bond donors (Lipinski definition) is 2. The number of halogens is 3. The first-order valence-corrected chi connectivity index (χ1v) is 11.6. The second-order valence-electron chi connectivity index (χ2n) is 9.12. The summed E-state index contributed by atoms with van der Waals surface area (Å²) in [5.41, 5.74) is 7.20. The van der Waals surface area contributed by atoms with E-state index in [1.807, 2.05) is 13.8 Å². The summed E-state index contributed by atoms with van der Waals surface area (Å²) in [6.45, 7) is 4.34. The van der Waals surface area contributed by atoms with Crippen LogP contribution in [0.2, 0.25) is 5.02 Å². The van der Waals surface area contributed by atoms with Gasteiger partial charge in [-0.2, -0.15) is 0 Å². The standard InChI is InChI=1S/C25H28ClF2N3O3/c1-14-11-17(9-10-34-14)31-20(32)13-25(2,30-24(31)29)19-8-4-7-18(21(19)26)15-5-3-6-16(12-15)22(33)23(27)28/h3-8,12,14,17,22-23,33H,9-11,13H2,1-2H3,(H2,29,30)/t14-,17-,22-,25-/m0/s1. The number of benzene rings is 2. The van der Waals surface area contributed by atoms with E-state index in [1.165, 1.54) is 12.1 Å². The van der Waals surface area contributed by atoms with Crippen molar-refractivity contribution in [1.82, 2.24) is 4.90 Å². The van der Waals surface area contributed by atoms with Crippen molar-refractivity contribution in [3.05, 3.63) is 58.6 Å². The first-order valence-electron chi connectivity index (χ1n) is 11.3. The molecule has 4 rings (SSSR count). The van der Waals surface area contributed by atoms with Crippen molar-refractivity contribution in [3.63, 3.8) is 0 Å². The molecule has 0 saturated carbocycles. The van der Waals surface area contributed by atoms with E-state index in [1.54, 1.807) is 35.2 Å². The van der Waals surface area contributed by atoms with Crippen LogP contribution in [0.5, 0.6) is 0 Å². The summed E-state index contributed by atoms with van der Waals surface area (Å²) in [5.74, 6) is 0.0268. The quantitative estimate of drug-likeness (QED) is 0.638. The smallest absolute Gasteiger partial charge is 0.268 e. The molecule has 6 nitrogen and oxygen atoms in total. The van der Waals surface area contributed by atoms with Gasteiger partial charge in [0.1, 0.15) is 6.10 Å². The Hall–Kier alpha value is -2.55. The molecule has 1 amide bonds. The first-order chi connectivity index (χ1) is 16.1. The van der Waals surface area contributed by atoms with Gasteiger partial charge in [0.25, 0.3) is 6.43 Å². The Labute approximate surface area is 202 Å². The van der Waals surface area contributed by atoms with Crippen LogP contribution in [0.1, 0.15) is 50.3 Å². The summed E-state index contributed by atoms with van der Waals surface area (Å²) in [6.07, 6.45) is -3.28. The van der Waals surface area contributed by atoms with Gasteiger partial charge < -0.3 is 15.6 Å². The zero-order valence-corrected chi connectivity index (χ0v) is 19.8. The highest BCUT2D eigenvalue weighted by molar-refractivity contribution is 6.34. The number of rotatable bonds is 5. The van der Waals surface area contributed by atoms with Gasteiger partial charge in [-0.25, -0.2) is 13.8 Å². The number of carbonyl (C=O) groups is 1. The second-order valence-corrected chi connectivity index (χ2v) is 9.49. The van der Waals surface area contributed by atoms with E-state index in [0.717, 1.165) is 0 Å². The molecule has 182 valence electrons. The van der Waals surface area contributed by atoms with Crippen LogP contribution in [-0.4, -0.2) is 47.1 Å². The minimum absolute atomic E-state index is 0.0399. The SMILES string of the molecule is C[C@H]1C[C@@H](N2C(=O)C[C@@](C)(c3cccc(-c4cccc([C@H](O)C(F)F)c4)c3Cl)N=C2N)CCO1. The molecule has 3 N–H and O–H groups in total. The molecule has 0 aliphatic carbocycles. The molecule has 2 aromatic rings. The average Bonchev–Trinajstić information content (AvgIpc) is 2.78. The molecule has 0 spiro atoms. The average molecular weight is 492 g/mol. The number of ether oxygens (including phenoxy) is 1. The molecule has 2 aliphatic heterocycles. The number of amides is 1. The molecule has 0 unspecified atom stereocenters. The lowest BCUT2D eigenvalue weighted by Gasteiger charge is -2.41. The monoisotopic (exact) mass is 491 g/mol. The molecule has 4 atom stereocenters. The number of nitrogens with two attached hydrogens (primary N) is 1. The van der Waals surface area contributed by atoms with Crippen LogP contribution in [-0.2, 0) is 15.1 Å². The van der Waals surface area contributed by atoms with Gasteiger partial charge in [-0.15, -0.1) is 0 Å². The number of aliphatic imine (C=N–C) groups is 1. The largest absolute Gasteiger partial charge is 0.382 e. The summed E-state index contributed by atoms with van der Waals surface area (Å²) in [6, 6.07) is 11.5. The number of hydrogen-bond acceptors (Lipinski definition) is 5. The van der Waals surface area contributed by atoms with Crippen molar-refractivity contribution in [2.45, 2.75) is 63.3 Å². The van der Waals surface area contributed by atoms with Crippen molar-refractivity contribution in [2.75, 3.05) is 6.61 Å². The molecule has 2 heterocycles. The normalized spacial score (nSPS) is 26.5. The van der Waals surface area contributed by atoms with Crippen molar-refractivity contribution < 1.29 is 23.4 Å². The maximum atomic E-state index is 13.2. The fourth-order valence-corrected chi connectivity index (χ4v) is 5.25. The van der Waals surface area contributed by atoms with E-state index in [0.29, 0.717) is 41.2 Å². The highest BCUT2D eigenvalue weighted by Crippen LogP contribution is 2.42. The number of aliphatic hydroxyl groups excluding tert-OH is 1. The van der Waals surface area contributed by atoms with E-state index >= 15 is 0 Å². The first kappa shape index (κ1) is 24.6. The predicted molar refractivity (Wildman–Crippen MR) is 127 cm³/mol. The molecular weight excluding hydrogens is 464 g/mol. The van der Waals surface area contributed by atoms with Gasteiger partial charge in [-0.1, -0.05) is 48.0 Å². The summed E-state index contributed by atoms with van der Waals surface area (Å²) >= 11 is 6.80. The van der Waals surface area contributed by atoms with E-state index in [-0.39, 0.29) is 36.0 Å². The van der Waals surface area contributed by atoms with Crippen molar-refractivity contribution >= 4 is 23.5 Å². The summed E-state index contributed by atoms with van der Waals surface area (Å²) in [4.78, 5) is 19.5.